The second-order valence-corrected chi connectivity index (χ2v) is 4.01. The van der Waals surface area contributed by atoms with E-state index in [-0.39, 0.29) is 73.5 Å². The van der Waals surface area contributed by atoms with E-state index in [1.54, 1.807) is 0 Å². The van der Waals surface area contributed by atoms with Crippen LogP contribution in [0.2, 0.25) is 0 Å². The van der Waals surface area contributed by atoms with Crippen LogP contribution in [-0.4, -0.2) is 31.1 Å². The van der Waals surface area contributed by atoms with Crippen molar-refractivity contribution in [2.75, 3.05) is 26.2 Å². The summed E-state index contributed by atoms with van der Waals surface area (Å²) in [7, 11) is 0. The molecule has 1 heterocycles. The lowest BCUT2D eigenvalue weighted by Gasteiger charge is -2.33. The number of rotatable bonds is 2. The number of hydrogen-bond donors (Lipinski definition) is 12. The lowest BCUT2D eigenvalue weighted by Crippen LogP contribution is -2.44. The van der Waals surface area contributed by atoms with Gasteiger partial charge in [0.05, 0.1) is 0 Å². The fourth-order valence-electron chi connectivity index (χ4n) is 2.02. The van der Waals surface area contributed by atoms with Crippen molar-refractivity contribution >= 4 is 0 Å². The Hall–Kier alpha value is -1.37. The van der Waals surface area contributed by atoms with E-state index in [4.69, 9.17) is 0 Å². The fourth-order valence-corrected chi connectivity index (χ4v) is 2.02. The Morgan fingerprint density at radius 3 is 1.42 bits per heavy atom. The van der Waals surface area contributed by atoms with E-state index in [1.807, 2.05) is 12.1 Å². The fraction of sp³-hybridized carbons (Fsp3) is 0.500. The van der Waals surface area contributed by atoms with Gasteiger partial charge in [-0.15, -0.1) is 0 Å². The van der Waals surface area contributed by atoms with Gasteiger partial charge in [-0.3, -0.25) is 4.90 Å². The first-order valence-corrected chi connectivity index (χ1v) is 5.47. The summed E-state index contributed by atoms with van der Waals surface area (Å²) in [5.74, 6) is -0.161. The molecule has 1 atom stereocenters. The molecular formula is C12H50FN13. The molecule has 1 aliphatic heterocycles. The molecule has 1 fully saturated rings. The molecule has 0 aromatic heterocycles. The summed E-state index contributed by atoms with van der Waals surface area (Å²) in [6.07, 6.45) is 0. The molecule has 26 heavy (non-hydrogen) atoms. The van der Waals surface area contributed by atoms with Crippen molar-refractivity contribution in [2.24, 2.45) is 0 Å². The van der Waals surface area contributed by atoms with Gasteiger partial charge in [0.15, 0.2) is 0 Å². The van der Waals surface area contributed by atoms with Gasteiger partial charge in [-0.05, 0) is 24.6 Å². The summed E-state index contributed by atoms with van der Waals surface area (Å²) in [6, 6.07) is 7.21. The van der Waals surface area contributed by atoms with Crippen LogP contribution in [-0.2, 0) is 0 Å². The van der Waals surface area contributed by atoms with Gasteiger partial charge in [0, 0.05) is 32.2 Å². The van der Waals surface area contributed by atoms with Crippen molar-refractivity contribution in [1.82, 2.24) is 77.9 Å². The summed E-state index contributed by atoms with van der Waals surface area (Å²) in [5.41, 5.74) is 1.19. The standard InChI is InChI=1S/C12H17FN2.11H3N/c1-10(15-8-6-14-7-9-15)11-2-4-12(13)5-3-11;;;;;;;;;;;/h2-5,10,14H,6-9H2,1H3;11*1H3. The number of halogens is 1. The van der Waals surface area contributed by atoms with Gasteiger partial charge in [-0.25, -0.2) is 4.39 Å². The van der Waals surface area contributed by atoms with Crippen molar-refractivity contribution in [2.45, 2.75) is 13.0 Å². The molecule has 1 aromatic carbocycles. The molecule has 1 saturated heterocycles. The van der Waals surface area contributed by atoms with Crippen molar-refractivity contribution in [3.05, 3.63) is 35.6 Å². The third-order valence-electron chi connectivity index (χ3n) is 3.05. The number of nitrogens with zero attached hydrogens (tertiary/aromatic N) is 1. The van der Waals surface area contributed by atoms with E-state index < -0.39 is 0 Å². The van der Waals surface area contributed by atoms with Crippen molar-refractivity contribution in [1.29, 1.82) is 0 Å². The van der Waals surface area contributed by atoms with Gasteiger partial charge in [0.1, 0.15) is 5.82 Å². The predicted octanol–water partition coefficient (Wildman–Crippen LogP) is 3.57. The Balaban J connectivity index is -0.0000000291. The first-order valence-electron chi connectivity index (χ1n) is 5.47. The largest absolute Gasteiger partial charge is 0.344 e. The molecule has 13 nitrogen and oxygen atoms in total. The highest BCUT2D eigenvalue weighted by molar-refractivity contribution is 5.19. The van der Waals surface area contributed by atoms with Crippen LogP contribution >= 0.6 is 0 Å². The zero-order valence-corrected chi connectivity index (χ0v) is 16.8. The van der Waals surface area contributed by atoms with Gasteiger partial charge in [-0.1, -0.05) is 12.1 Å². The number of hydrogen-bond acceptors (Lipinski definition) is 13. The van der Waals surface area contributed by atoms with Crippen molar-refractivity contribution < 1.29 is 4.39 Å². The van der Waals surface area contributed by atoms with Crippen LogP contribution in [0.15, 0.2) is 24.3 Å². The van der Waals surface area contributed by atoms with E-state index in [1.165, 1.54) is 17.7 Å². The molecule has 0 aliphatic carbocycles. The molecule has 14 heteroatoms. The maximum Gasteiger partial charge on any atom is 0.123 e. The van der Waals surface area contributed by atoms with Crippen LogP contribution < -0.4 is 73.0 Å². The van der Waals surface area contributed by atoms with Crippen LogP contribution in [0.25, 0.3) is 0 Å². The Labute approximate surface area is 158 Å². The summed E-state index contributed by atoms with van der Waals surface area (Å²) >= 11 is 0. The van der Waals surface area contributed by atoms with E-state index >= 15 is 0 Å². The highest BCUT2D eigenvalue weighted by Crippen LogP contribution is 2.20. The first kappa shape index (κ1) is 64.3. The molecular weight excluding hydrogens is 345 g/mol. The number of benzene rings is 1. The van der Waals surface area contributed by atoms with E-state index in [0.29, 0.717) is 6.04 Å². The topological polar surface area (TPSA) is 400 Å². The number of nitrogens with one attached hydrogen (secondary N) is 1. The highest BCUT2D eigenvalue weighted by Gasteiger charge is 2.17. The SMILES string of the molecule is CC(c1ccc(F)cc1)N1CCNCC1.N.N.N.N.N.N.N.N.N.N.N. The third kappa shape index (κ3) is 17.5. The van der Waals surface area contributed by atoms with Gasteiger partial charge < -0.3 is 73.0 Å². The average molecular weight is 396 g/mol. The average Bonchev–Trinajstić information content (AvgIpc) is 2.30. The Morgan fingerprint density at radius 1 is 0.731 bits per heavy atom. The van der Waals surface area contributed by atoms with Gasteiger partial charge in [0.2, 0.25) is 0 Å². The summed E-state index contributed by atoms with van der Waals surface area (Å²) in [5, 5.41) is 3.33. The van der Waals surface area contributed by atoms with Crippen LogP contribution in [0.1, 0.15) is 18.5 Å². The van der Waals surface area contributed by atoms with E-state index in [2.05, 4.69) is 17.1 Å². The second kappa shape index (κ2) is 31.4. The third-order valence-corrected chi connectivity index (χ3v) is 3.05. The molecule has 1 aliphatic rings. The smallest absolute Gasteiger partial charge is 0.123 e. The van der Waals surface area contributed by atoms with E-state index in [0.717, 1.165) is 26.2 Å². The monoisotopic (exact) mass is 395 g/mol. The van der Waals surface area contributed by atoms with Gasteiger partial charge >= 0.3 is 0 Å². The van der Waals surface area contributed by atoms with Gasteiger partial charge in [0.25, 0.3) is 0 Å². The van der Waals surface area contributed by atoms with Crippen LogP contribution in [0.5, 0.6) is 0 Å². The lowest BCUT2D eigenvalue weighted by atomic mass is 10.1. The van der Waals surface area contributed by atoms with Crippen molar-refractivity contribution in [3.8, 4) is 0 Å². The second-order valence-electron chi connectivity index (χ2n) is 4.01. The minimum absolute atomic E-state index is 0. The summed E-state index contributed by atoms with van der Waals surface area (Å²) < 4.78 is 12.8. The number of piperazine rings is 1. The zero-order valence-electron chi connectivity index (χ0n) is 16.8. The van der Waals surface area contributed by atoms with Crippen LogP contribution in [0.3, 0.4) is 0 Å². The van der Waals surface area contributed by atoms with Crippen LogP contribution in [0, 0.1) is 5.82 Å². The highest BCUT2D eigenvalue weighted by atomic mass is 19.1. The summed E-state index contributed by atoms with van der Waals surface area (Å²) in [6.45, 7) is 6.41. The maximum absolute atomic E-state index is 12.8. The zero-order chi connectivity index (χ0) is 10.7. The molecule has 0 saturated carbocycles. The molecule has 0 amide bonds. The molecule has 2 rings (SSSR count). The van der Waals surface area contributed by atoms with Gasteiger partial charge in [-0.2, -0.15) is 0 Å². The molecule has 0 spiro atoms. The molecule has 1 aromatic rings. The lowest BCUT2D eigenvalue weighted by molar-refractivity contribution is 0.185. The van der Waals surface area contributed by atoms with Crippen molar-refractivity contribution in [3.63, 3.8) is 0 Å². The minimum atomic E-state index is -0.161. The van der Waals surface area contributed by atoms with Crippen LogP contribution in [0.4, 0.5) is 4.39 Å². The Morgan fingerprint density at radius 2 is 1.08 bits per heavy atom. The minimum Gasteiger partial charge on any atom is -0.344 e. The Bertz CT molecular complexity index is 321. The maximum atomic E-state index is 12.8. The quantitative estimate of drug-likeness (QED) is 0.340. The molecule has 1 unspecified atom stereocenters. The normalized spacial score (nSPS) is 11.6. The molecule has 170 valence electrons. The Kier molecular flexibility index (Phi) is 77.6. The predicted molar refractivity (Wildman–Crippen MR) is 115 cm³/mol. The molecule has 34 N–H and O–H groups in total. The summed E-state index contributed by atoms with van der Waals surface area (Å²) in [4.78, 5) is 2.42. The molecule has 0 radical (unpaired) electrons. The molecule has 0 bridgehead atoms. The first-order chi connectivity index (χ1) is 7.27. The van der Waals surface area contributed by atoms with E-state index in [9.17, 15) is 4.39 Å².